The Morgan fingerprint density at radius 3 is 2.79 bits per heavy atom. The summed E-state index contributed by atoms with van der Waals surface area (Å²) in [5, 5.41) is 12.1. The number of benzene rings is 1. The quantitative estimate of drug-likeness (QED) is 0.341. The number of pyridine rings is 1. The van der Waals surface area contributed by atoms with Gasteiger partial charge in [-0.05, 0) is 36.4 Å². The first-order valence-corrected chi connectivity index (χ1v) is 9.70. The van der Waals surface area contributed by atoms with Crippen LogP contribution in [0.5, 0.6) is 5.75 Å². The molecule has 144 valence electrons. The predicted octanol–water partition coefficient (Wildman–Crippen LogP) is 3.92. The minimum absolute atomic E-state index is 0.156. The average Bonchev–Trinajstić information content (AvgIpc) is 3.11. The number of carbonyl (C=O) groups is 1. The van der Waals surface area contributed by atoms with Crippen molar-refractivity contribution in [1.82, 2.24) is 19.7 Å². The van der Waals surface area contributed by atoms with Crippen molar-refractivity contribution in [2.45, 2.75) is 11.7 Å². The van der Waals surface area contributed by atoms with Crippen molar-refractivity contribution in [3.05, 3.63) is 60.4 Å². The molecule has 0 aliphatic carbocycles. The Kier molecular flexibility index (Phi) is 6.67. The molecule has 0 unspecified atom stereocenters. The van der Waals surface area contributed by atoms with Crippen LogP contribution in [0.3, 0.4) is 0 Å². The molecule has 1 amide bonds. The van der Waals surface area contributed by atoms with Gasteiger partial charge in [0.15, 0.2) is 16.1 Å². The van der Waals surface area contributed by atoms with Gasteiger partial charge in [0.05, 0.1) is 18.6 Å². The molecule has 1 N–H and O–H groups in total. The van der Waals surface area contributed by atoms with Gasteiger partial charge in [0.2, 0.25) is 5.91 Å². The van der Waals surface area contributed by atoms with E-state index in [1.54, 1.807) is 31.5 Å². The van der Waals surface area contributed by atoms with Crippen molar-refractivity contribution < 1.29 is 9.53 Å². The number of aromatic nitrogens is 4. The standard InChI is InChI=1S/C19H18ClN5O2S/c1-3-11-25-18(13-6-8-14(27-2)9-7-13)23-24-19(25)28-12-16(26)22-15-5-4-10-21-17(15)20/h3-10H,1,11-12H2,2H3,(H,22,26). The zero-order chi connectivity index (χ0) is 19.9. The van der Waals surface area contributed by atoms with Crippen molar-refractivity contribution in [2.24, 2.45) is 0 Å². The van der Waals surface area contributed by atoms with E-state index in [1.807, 2.05) is 28.8 Å². The van der Waals surface area contributed by atoms with Crippen LogP contribution in [-0.2, 0) is 11.3 Å². The molecule has 0 saturated heterocycles. The van der Waals surface area contributed by atoms with Gasteiger partial charge in [-0.1, -0.05) is 29.4 Å². The highest BCUT2D eigenvalue weighted by molar-refractivity contribution is 7.99. The van der Waals surface area contributed by atoms with Crippen LogP contribution < -0.4 is 10.1 Å². The zero-order valence-electron chi connectivity index (χ0n) is 15.1. The maximum Gasteiger partial charge on any atom is 0.234 e. The Balaban J connectivity index is 1.73. The summed E-state index contributed by atoms with van der Waals surface area (Å²) in [6, 6.07) is 10.9. The third kappa shape index (κ3) is 4.71. The van der Waals surface area contributed by atoms with Gasteiger partial charge in [0.25, 0.3) is 0 Å². The summed E-state index contributed by atoms with van der Waals surface area (Å²) in [5.74, 6) is 1.40. The molecule has 0 spiro atoms. The minimum Gasteiger partial charge on any atom is -0.497 e. The van der Waals surface area contributed by atoms with E-state index >= 15 is 0 Å². The highest BCUT2D eigenvalue weighted by atomic mass is 35.5. The van der Waals surface area contributed by atoms with Crippen molar-refractivity contribution >= 4 is 35.0 Å². The van der Waals surface area contributed by atoms with E-state index < -0.39 is 0 Å². The summed E-state index contributed by atoms with van der Waals surface area (Å²) in [6.07, 6.45) is 3.32. The normalized spacial score (nSPS) is 10.5. The smallest absolute Gasteiger partial charge is 0.234 e. The lowest BCUT2D eigenvalue weighted by Crippen LogP contribution is -2.15. The summed E-state index contributed by atoms with van der Waals surface area (Å²) in [5.41, 5.74) is 1.37. The Hall–Kier alpha value is -2.84. The molecule has 3 rings (SSSR count). The zero-order valence-corrected chi connectivity index (χ0v) is 16.7. The molecular formula is C19H18ClN5O2S. The minimum atomic E-state index is -0.209. The van der Waals surface area contributed by atoms with Gasteiger partial charge in [-0.25, -0.2) is 4.98 Å². The van der Waals surface area contributed by atoms with E-state index in [9.17, 15) is 4.79 Å². The first kappa shape index (κ1) is 19.9. The van der Waals surface area contributed by atoms with Gasteiger partial charge in [-0.2, -0.15) is 0 Å². The number of nitrogens with zero attached hydrogens (tertiary/aromatic N) is 4. The monoisotopic (exact) mass is 415 g/mol. The van der Waals surface area contributed by atoms with E-state index in [0.717, 1.165) is 11.3 Å². The molecule has 3 aromatic rings. The molecule has 28 heavy (non-hydrogen) atoms. The Morgan fingerprint density at radius 1 is 1.32 bits per heavy atom. The summed E-state index contributed by atoms with van der Waals surface area (Å²) < 4.78 is 7.10. The molecular weight excluding hydrogens is 398 g/mol. The predicted molar refractivity (Wildman–Crippen MR) is 111 cm³/mol. The molecule has 0 aliphatic rings. The summed E-state index contributed by atoms with van der Waals surface area (Å²) in [7, 11) is 1.62. The fourth-order valence-corrected chi connectivity index (χ4v) is 3.35. The highest BCUT2D eigenvalue weighted by Gasteiger charge is 2.15. The third-order valence-corrected chi connectivity index (χ3v) is 5.01. The lowest BCUT2D eigenvalue weighted by molar-refractivity contribution is -0.113. The van der Waals surface area contributed by atoms with E-state index in [4.69, 9.17) is 16.3 Å². The van der Waals surface area contributed by atoms with Crippen LogP contribution in [0.1, 0.15) is 0 Å². The summed E-state index contributed by atoms with van der Waals surface area (Å²) >= 11 is 7.25. The number of nitrogens with one attached hydrogen (secondary N) is 1. The SMILES string of the molecule is C=CCn1c(SCC(=O)Nc2cccnc2Cl)nnc1-c1ccc(OC)cc1. The lowest BCUT2D eigenvalue weighted by atomic mass is 10.2. The molecule has 0 fully saturated rings. The second kappa shape index (κ2) is 9.38. The van der Waals surface area contributed by atoms with Crippen LogP contribution in [0.4, 0.5) is 5.69 Å². The van der Waals surface area contributed by atoms with E-state index in [0.29, 0.717) is 23.2 Å². The molecule has 0 saturated carbocycles. The van der Waals surface area contributed by atoms with Gasteiger partial charge in [-0.15, -0.1) is 16.8 Å². The first-order valence-electron chi connectivity index (χ1n) is 8.34. The van der Waals surface area contributed by atoms with Gasteiger partial charge >= 0.3 is 0 Å². The number of halogens is 1. The van der Waals surface area contributed by atoms with Crippen LogP contribution in [-0.4, -0.2) is 38.5 Å². The summed E-state index contributed by atoms with van der Waals surface area (Å²) in [6.45, 7) is 4.31. The number of amides is 1. The molecule has 1 aromatic carbocycles. The second-order valence-corrected chi connectivity index (χ2v) is 6.91. The summed E-state index contributed by atoms with van der Waals surface area (Å²) in [4.78, 5) is 16.2. The lowest BCUT2D eigenvalue weighted by Gasteiger charge is -2.09. The Bertz CT molecular complexity index is 975. The molecule has 2 aromatic heterocycles. The van der Waals surface area contributed by atoms with Crippen molar-refractivity contribution in [3.63, 3.8) is 0 Å². The third-order valence-electron chi connectivity index (χ3n) is 3.74. The first-order chi connectivity index (χ1) is 13.6. The number of allylic oxidation sites excluding steroid dienone is 1. The maximum atomic E-state index is 12.2. The van der Waals surface area contributed by atoms with Gasteiger partial charge in [-0.3, -0.25) is 9.36 Å². The number of anilines is 1. The van der Waals surface area contributed by atoms with Gasteiger partial charge in [0.1, 0.15) is 5.75 Å². The van der Waals surface area contributed by atoms with E-state index in [-0.39, 0.29) is 16.8 Å². The molecule has 7 nitrogen and oxygen atoms in total. The largest absolute Gasteiger partial charge is 0.497 e. The molecule has 0 radical (unpaired) electrons. The fraction of sp³-hybridized carbons (Fsp3) is 0.158. The molecule has 0 aliphatic heterocycles. The van der Waals surface area contributed by atoms with E-state index in [1.165, 1.54) is 11.8 Å². The maximum absolute atomic E-state index is 12.2. The van der Waals surface area contributed by atoms with Crippen molar-refractivity contribution in [2.75, 3.05) is 18.2 Å². The number of rotatable bonds is 8. The van der Waals surface area contributed by atoms with Gasteiger partial charge < -0.3 is 10.1 Å². The van der Waals surface area contributed by atoms with Crippen LogP contribution in [0, 0.1) is 0 Å². The van der Waals surface area contributed by atoms with Crippen molar-refractivity contribution in [3.8, 4) is 17.1 Å². The molecule has 0 atom stereocenters. The van der Waals surface area contributed by atoms with Crippen LogP contribution in [0.15, 0.2) is 60.4 Å². The van der Waals surface area contributed by atoms with Crippen LogP contribution in [0.2, 0.25) is 5.15 Å². The number of ether oxygens (including phenoxy) is 1. The topological polar surface area (TPSA) is 81.9 Å². The van der Waals surface area contributed by atoms with Crippen LogP contribution in [0.25, 0.3) is 11.4 Å². The van der Waals surface area contributed by atoms with E-state index in [2.05, 4.69) is 27.1 Å². The van der Waals surface area contributed by atoms with Crippen molar-refractivity contribution in [1.29, 1.82) is 0 Å². The number of thioether (sulfide) groups is 1. The number of carbonyl (C=O) groups excluding carboxylic acids is 1. The Labute approximate surface area is 171 Å². The number of methoxy groups -OCH3 is 1. The molecule has 9 heteroatoms. The van der Waals surface area contributed by atoms with Crippen LogP contribution >= 0.6 is 23.4 Å². The molecule has 0 bridgehead atoms. The number of hydrogen-bond donors (Lipinski definition) is 1. The highest BCUT2D eigenvalue weighted by Crippen LogP contribution is 2.26. The average molecular weight is 416 g/mol. The number of hydrogen-bond acceptors (Lipinski definition) is 6. The second-order valence-electron chi connectivity index (χ2n) is 5.61. The molecule has 2 heterocycles. The van der Waals surface area contributed by atoms with Gasteiger partial charge in [0, 0.05) is 18.3 Å². The Morgan fingerprint density at radius 2 is 2.11 bits per heavy atom. The fourth-order valence-electron chi connectivity index (χ4n) is 2.44.